The van der Waals surface area contributed by atoms with Gasteiger partial charge >= 0.3 is 0 Å². The van der Waals surface area contributed by atoms with Gasteiger partial charge in [-0.05, 0) is 29.8 Å². The van der Waals surface area contributed by atoms with Crippen molar-refractivity contribution in [1.29, 1.82) is 0 Å². The van der Waals surface area contributed by atoms with Gasteiger partial charge in [-0.15, -0.1) is 0 Å². The fourth-order valence-corrected chi connectivity index (χ4v) is 2.13. The molecule has 0 saturated heterocycles. The molecule has 0 atom stereocenters. The molecule has 1 amide bonds. The van der Waals surface area contributed by atoms with Gasteiger partial charge in [-0.1, -0.05) is 41.9 Å². The van der Waals surface area contributed by atoms with E-state index in [4.69, 9.17) is 11.6 Å². The summed E-state index contributed by atoms with van der Waals surface area (Å²) in [5, 5.41) is 6.47. The van der Waals surface area contributed by atoms with Crippen molar-refractivity contribution in [2.75, 3.05) is 5.01 Å². The molecule has 0 fully saturated rings. The van der Waals surface area contributed by atoms with E-state index in [1.54, 1.807) is 24.3 Å². The van der Waals surface area contributed by atoms with Crippen LogP contribution in [0.1, 0.15) is 12.0 Å². The molecule has 0 spiro atoms. The lowest BCUT2D eigenvalue weighted by molar-refractivity contribution is -0.116. The van der Waals surface area contributed by atoms with E-state index >= 15 is 0 Å². The Morgan fingerprint density at radius 2 is 1.68 bits per heavy atom. The quantitative estimate of drug-likeness (QED) is 0.822. The molecule has 3 nitrogen and oxygen atoms in total. The Bertz CT molecular complexity index is 635. The van der Waals surface area contributed by atoms with Crippen LogP contribution in [0.25, 0.3) is 0 Å². The fraction of sp³-hybridized carbons (Fsp3) is 0.0667. The molecule has 19 heavy (non-hydrogen) atoms. The number of halogens is 1. The molecule has 0 saturated carbocycles. The highest BCUT2D eigenvalue weighted by atomic mass is 35.5. The summed E-state index contributed by atoms with van der Waals surface area (Å²) in [5.74, 6) is -0.0267. The second-order valence-corrected chi connectivity index (χ2v) is 4.71. The van der Waals surface area contributed by atoms with Gasteiger partial charge in [-0.3, -0.25) is 4.79 Å². The second-order valence-electron chi connectivity index (χ2n) is 4.27. The summed E-state index contributed by atoms with van der Waals surface area (Å²) in [7, 11) is 0. The maximum Gasteiger partial charge on any atom is 0.253 e. The van der Waals surface area contributed by atoms with Gasteiger partial charge in [-0.25, -0.2) is 5.01 Å². The maximum atomic E-state index is 12.0. The van der Waals surface area contributed by atoms with Crippen molar-refractivity contribution >= 4 is 28.9 Å². The third-order valence-electron chi connectivity index (χ3n) is 2.95. The third-order valence-corrected chi connectivity index (χ3v) is 3.21. The van der Waals surface area contributed by atoms with Crippen molar-refractivity contribution in [2.24, 2.45) is 5.10 Å². The van der Waals surface area contributed by atoms with Crippen molar-refractivity contribution in [1.82, 2.24) is 0 Å². The van der Waals surface area contributed by atoms with Crippen LogP contribution in [0.4, 0.5) is 5.69 Å². The largest absolute Gasteiger partial charge is 0.272 e. The number of carbonyl (C=O) groups is 1. The van der Waals surface area contributed by atoms with Crippen LogP contribution in [0.2, 0.25) is 5.02 Å². The summed E-state index contributed by atoms with van der Waals surface area (Å²) in [4.78, 5) is 12.0. The first-order chi connectivity index (χ1) is 9.24. The predicted octanol–water partition coefficient (Wildman–Crippen LogP) is 3.48. The molecule has 0 unspecified atom stereocenters. The van der Waals surface area contributed by atoms with E-state index in [-0.39, 0.29) is 5.91 Å². The van der Waals surface area contributed by atoms with Crippen molar-refractivity contribution < 1.29 is 4.79 Å². The molecule has 1 aliphatic heterocycles. The molecule has 0 aromatic heterocycles. The van der Waals surface area contributed by atoms with Crippen LogP contribution >= 0.6 is 11.6 Å². The van der Waals surface area contributed by atoms with Gasteiger partial charge in [0.15, 0.2) is 0 Å². The highest BCUT2D eigenvalue weighted by Gasteiger charge is 2.25. The summed E-state index contributed by atoms with van der Waals surface area (Å²) >= 11 is 5.84. The van der Waals surface area contributed by atoms with Crippen LogP contribution in [-0.2, 0) is 4.79 Å². The minimum Gasteiger partial charge on any atom is -0.272 e. The second kappa shape index (κ2) is 4.86. The number of hydrogen-bond donors (Lipinski definition) is 0. The van der Waals surface area contributed by atoms with Crippen LogP contribution in [0.3, 0.4) is 0 Å². The lowest BCUT2D eigenvalue weighted by atomic mass is 10.1. The fourth-order valence-electron chi connectivity index (χ4n) is 2.00. The molecule has 1 heterocycles. The first-order valence-electron chi connectivity index (χ1n) is 5.95. The van der Waals surface area contributed by atoms with Gasteiger partial charge in [0.2, 0.25) is 0 Å². The van der Waals surface area contributed by atoms with Crippen LogP contribution in [0, 0.1) is 0 Å². The molecule has 1 aliphatic rings. The maximum absolute atomic E-state index is 12.0. The first kappa shape index (κ1) is 11.9. The molecular weight excluding hydrogens is 260 g/mol. The summed E-state index contributed by atoms with van der Waals surface area (Å²) in [6.07, 6.45) is 0.326. The van der Waals surface area contributed by atoms with Crippen molar-refractivity contribution in [2.45, 2.75) is 6.42 Å². The van der Waals surface area contributed by atoms with Crippen LogP contribution in [0.5, 0.6) is 0 Å². The number of rotatable bonds is 2. The number of benzene rings is 2. The molecule has 0 bridgehead atoms. The Hall–Kier alpha value is -2.13. The number of carbonyl (C=O) groups excluding carboxylic acids is 1. The SMILES string of the molecule is O=C1CC(c2ccccc2)=NN1c1ccc(Cl)cc1. The Balaban J connectivity index is 1.93. The van der Waals surface area contributed by atoms with Gasteiger partial charge in [0.1, 0.15) is 0 Å². The Kier molecular flexibility index (Phi) is 3.05. The molecule has 94 valence electrons. The monoisotopic (exact) mass is 270 g/mol. The topological polar surface area (TPSA) is 32.7 Å². The molecular formula is C15H11ClN2O. The van der Waals surface area contributed by atoms with Crippen molar-refractivity contribution in [3.63, 3.8) is 0 Å². The molecule has 3 rings (SSSR count). The zero-order valence-electron chi connectivity index (χ0n) is 10.1. The molecule has 2 aromatic rings. The van der Waals surface area contributed by atoms with Gasteiger partial charge in [0.25, 0.3) is 5.91 Å². The summed E-state index contributed by atoms with van der Waals surface area (Å²) < 4.78 is 0. The summed E-state index contributed by atoms with van der Waals surface area (Å²) in [6.45, 7) is 0. The van der Waals surface area contributed by atoms with Gasteiger partial charge in [-0.2, -0.15) is 5.10 Å². The molecule has 0 aliphatic carbocycles. The van der Waals surface area contributed by atoms with E-state index in [0.29, 0.717) is 11.4 Å². The lowest BCUT2D eigenvalue weighted by Gasteiger charge is -2.11. The number of hydrogen-bond acceptors (Lipinski definition) is 2. The van der Waals surface area contributed by atoms with Crippen LogP contribution < -0.4 is 5.01 Å². The number of hydrazone groups is 1. The molecule has 4 heteroatoms. The molecule has 2 aromatic carbocycles. The van der Waals surface area contributed by atoms with Crippen LogP contribution in [-0.4, -0.2) is 11.6 Å². The smallest absolute Gasteiger partial charge is 0.253 e. The minimum atomic E-state index is -0.0267. The average molecular weight is 271 g/mol. The number of anilines is 1. The van der Waals surface area contributed by atoms with Gasteiger partial charge < -0.3 is 0 Å². The van der Waals surface area contributed by atoms with Gasteiger partial charge in [0.05, 0.1) is 17.8 Å². The highest BCUT2D eigenvalue weighted by molar-refractivity contribution is 6.30. The normalized spacial score (nSPS) is 14.7. The zero-order chi connectivity index (χ0) is 13.2. The predicted molar refractivity (Wildman–Crippen MR) is 76.5 cm³/mol. The number of amides is 1. The third kappa shape index (κ3) is 2.37. The molecule has 0 N–H and O–H groups in total. The summed E-state index contributed by atoms with van der Waals surface area (Å²) in [5.41, 5.74) is 2.51. The standard InChI is InChI=1S/C15H11ClN2O/c16-12-6-8-13(9-7-12)18-15(19)10-14(17-18)11-4-2-1-3-5-11/h1-9H,10H2. The lowest BCUT2D eigenvalue weighted by Crippen LogP contribution is -2.19. The van der Waals surface area contributed by atoms with Crippen LogP contribution in [0.15, 0.2) is 59.7 Å². The minimum absolute atomic E-state index is 0.0267. The van der Waals surface area contributed by atoms with E-state index in [2.05, 4.69) is 5.10 Å². The van der Waals surface area contributed by atoms with Crippen molar-refractivity contribution in [3.8, 4) is 0 Å². The highest BCUT2D eigenvalue weighted by Crippen LogP contribution is 2.24. The first-order valence-corrected chi connectivity index (χ1v) is 6.33. The Morgan fingerprint density at radius 3 is 2.37 bits per heavy atom. The van der Waals surface area contributed by atoms with Crippen molar-refractivity contribution in [3.05, 3.63) is 65.2 Å². The Labute approximate surface area is 116 Å². The Morgan fingerprint density at radius 1 is 1.00 bits per heavy atom. The van der Waals surface area contributed by atoms with E-state index in [9.17, 15) is 4.79 Å². The van der Waals surface area contributed by atoms with Gasteiger partial charge in [0, 0.05) is 5.02 Å². The summed E-state index contributed by atoms with van der Waals surface area (Å²) in [6, 6.07) is 16.8. The zero-order valence-corrected chi connectivity index (χ0v) is 10.8. The van der Waals surface area contributed by atoms with E-state index in [0.717, 1.165) is 17.0 Å². The number of nitrogens with zero attached hydrogens (tertiary/aromatic N) is 2. The van der Waals surface area contributed by atoms with E-state index < -0.39 is 0 Å². The van der Waals surface area contributed by atoms with E-state index in [1.165, 1.54) is 5.01 Å². The molecule has 0 radical (unpaired) electrons. The van der Waals surface area contributed by atoms with E-state index in [1.807, 2.05) is 30.3 Å². The average Bonchev–Trinajstić information content (AvgIpc) is 2.83.